The van der Waals surface area contributed by atoms with Gasteiger partial charge in [-0.05, 0) is 48.5 Å². The Morgan fingerprint density at radius 1 is 1.16 bits per heavy atom. The maximum Gasteiger partial charge on any atom is 0.170 e. The number of carbonyl (C=O) groups excluding carboxylic acids is 2. The first-order valence-corrected chi connectivity index (χ1v) is 9.39. The van der Waals surface area contributed by atoms with Crippen LogP contribution in [-0.4, -0.2) is 45.7 Å². The number of hydrogen-bond acceptors (Lipinski definition) is 5. The van der Waals surface area contributed by atoms with Crippen molar-refractivity contribution < 1.29 is 24.9 Å². The lowest BCUT2D eigenvalue weighted by Crippen LogP contribution is -2.68. The molecular formula is C20H28O5. The molecule has 25 heavy (non-hydrogen) atoms. The monoisotopic (exact) mass is 348 g/mol. The molecule has 0 amide bonds. The van der Waals surface area contributed by atoms with Gasteiger partial charge in [0.1, 0.15) is 5.78 Å². The van der Waals surface area contributed by atoms with Crippen LogP contribution in [0, 0.1) is 34.0 Å². The minimum Gasteiger partial charge on any atom is -0.395 e. The van der Waals surface area contributed by atoms with E-state index in [9.17, 15) is 24.9 Å². The van der Waals surface area contributed by atoms with Crippen LogP contribution in [0.25, 0.3) is 0 Å². The number of Topliss-reactive ketones (excluding diaryl/α,β-unsaturated/α-hetero) is 2. The molecule has 4 saturated carbocycles. The summed E-state index contributed by atoms with van der Waals surface area (Å²) in [5, 5.41) is 32.1. The minimum absolute atomic E-state index is 0.0389. The Morgan fingerprint density at radius 2 is 1.84 bits per heavy atom. The van der Waals surface area contributed by atoms with E-state index < -0.39 is 23.0 Å². The summed E-state index contributed by atoms with van der Waals surface area (Å²) in [7, 11) is 0. The summed E-state index contributed by atoms with van der Waals surface area (Å²) in [6.07, 6.45) is 0.819. The minimum atomic E-state index is -1.18. The SMILES string of the molecule is C=C1C(=O)[C@@]23[C@H](O)C[C@H]4[C@@](C)(CCC(=O)[C@@]4(C)CO)[C@@H]2CC[C@@H]1[C@H]3O. The lowest BCUT2D eigenvalue weighted by Gasteiger charge is -2.64. The summed E-state index contributed by atoms with van der Waals surface area (Å²) in [4.78, 5) is 25.7. The smallest absolute Gasteiger partial charge is 0.170 e. The zero-order valence-corrected chi connectivity index (χ0v) is 15.0. The standard InChI is InChI=1S/C20H28O5/c1-10-11-4-5-12-18(2)7-6-14(22)19(3,9-21)13(18)8-15(23)20(12,16(10)24)17(11)25/h11-13,15,17,21,23,25H,1,4-9H2,2-3H3/t11-,12-,13-,15+,17+,18-,19-,20-/m0/s1. The van der Waals surface area contributed by atoms with Crippen LogP contribution in [0.15, 0.2) is 12.2 Å². The van der Waals surface area contributed by atoms with E-state index in [-0.39, 0.29) is 47.8 Å². The van der Waals surface area contributed by atoms with Gasteiger partial charge in [0, 0.05) is 12.3 Å². The predicted molar refractivity (Wildman–Crippen MR) is 90.5 cm³/mol. The predicted octanol–water partition coefficient (Wildman–Crippen LogP) is 1.25. The Labute approximate surface area is 148 Å². The lowest BCUT2D eigenvalue weighted by molar-refractivity contribution is -0.227. The second-order valence-corrected chi connectivity index (χ2v) is 9.28. The number of hydrogen-bond donors (Lipinski definition) is 3. The molecule has 0 aromatic carbocycles. The molecule has 4 rings (SSSR count). The quantitative estimate of drug-likeness (QED) is 0.620. The molecule has 0 unspecified atom stereocenters. The van der Waals surface area contributed by atoms with Gasteiger partial charge in [0.25, 0.3) is 0 Å². The van der Waals surface area contributed by atoms with Gasteiger partial charge in [-0.15, -0.1) is 0 Å². The summed E-state index contributed by atoms with van der Waals surface area (Å²) < 4.78 is 0. The van der Waals surface area contributed by atoms with E-state index in [0.29, 0.717) is 24.8 Å². The molecule has 0 aromatic heterocycles. The number of fused-ring (bicyclic) bond motifs is 3. The maximum atomic E-state index is 13.1. The van der Waals surface area contributed by atoms with Gasteiger partial charge < -0.3 is 15.3 Å². The molecule has 8 atom stereocenters. The fraction of sp³-hybridized carbons (Fsp3) is 0.800. The Balaban J connectivity index is 1.88. The maximum absolute atomic E-state index is 13.1. The highest BCUT2D eigenvalue weighted by atomic mass is 16.3. The van der Waals surface area contributed by atoms with Crippen molar-refractivity contribution in [2.75, 3.05) is 6.61 Å². The van der Waals surface area contributed by atoms with Gasteiger partial charge in [0.2, 0.25) is 0 Å². The van der Waals surface area contributed by atoms with E-state index in [2.05, 4.69) is 13.5 Å². The van der Waals surface area contributed by atoms with Gasteiger partial charge >= 0.3 is 0 Å². The molecule has 4 aliphatic carbocycles. The van der Waals surface area contributed by atoms with Gasteiger partial charge in [-0.3, -0.25) is 9.59 Å². The van der Waals surface area contributed by atoms with Crippen molar-refractivity contribution in [2.24, 2.45) is 34.0 Å². The molecule has 4 fully saturated rings. The largest absolute Gasteiger partial charge is 0.395 e. The summed E-state index contributed by atoms with van der Waals surface area (Å²) in [5.41, 5.74) is -1.98. The summed E-state index contributed by atoms with van der Waals surface area (Å²) >= 11 is 0. The number of ketones is 2. The molecule has 0 radical (unpaired) electrons. The van der Waals surface area contributed by atoms with Crippen LogP contribution >= 0.6 is 0 Å². The zero-order valence-electron chi connectivity index (χ0n) is 15.0. The van der Waals surface area contributed by atoms with Crippen LogP contribution in [0.2, 0.25) is 0 Å². The van der Waals surface area contributed by atoms with Crippen molar-refractivity contribution in [1.29, 1.82) is 0 Å². The van der Waals surface area contributed by atoms with Crippen molar-refractivity contribution in [1.82, 2.24) is 0 Å². The fourth-order valence-corrected chi connectivity index (χ4v) is 7.17. The first kappa shape index (κ1) is 17.4. The van der Waals surface area contributed by atoms with E-state index in [4.69, 9.17) is 0 Å². The number of carbonyl (C=O) groups is 2. The first-order chi connectivity index (χ1) is 11.7. The number of aliphatic hydroxyl groups is 3. The highest BCUT2D eigenvalue weighted by Gasteiger charge is 2.74. The van der Waals surface area contributed by atoms with Gasteiger partial charge in [-0.2, -0.15) is 0 Å². The average molecular weight is 348 g/mol. The van der Waals surface area contributed by atoms with Crippen molar-refractivity contribution in [3.63, 3.8) is 0 Å². The molecule has 0 aromatic rings. The van der Waals surface area contributed by atoms with Crippen LogP contribution in [-0.2, 0) is 9.59 Å². The molecule has 138 valence electrons. The first-order valence-electron chi connectivity index (χ1n) is 9.39. The Bertz CT molecular complexity index is 671. The third-order valence-corrected chi connectivity index (χ3v) is 8.57. The van der Waals surface area contributed by atoms with E-state index in [1.165, 1.54) is 0 Å². The Hall–Kier alpha value is -1.04. The van der Waals surface area contributed by atoms with E-state index in [1.807, 2.05) is 0 Å². The second-order valence-electron chi connectivity index (χ2n) is 9.28. The molecule has 4 aliphatic rings. The van der Waals surface area contributed by atoms with Crippen molar-refractivity contribution in [2.45, 2.75) is 58.2 Å². The molecule has 5 heteroatoms. The second kappa shape index (κ2) is 5.02. The highest BCUT2D eigenvalue weighted by Crippen LogP contribution is 2.70. The summed E-state index contributed by atoms with van der Waals surface area (Å²) in [5.74, 6) is -0.777. The Kier molecular flexibility index (Phi) is 3.49. The third kappa shape index (κ3) is 1.70. The van der Waals surface area contributed by atoms with Crippen molar-refractivity contribution in [3.05, 3.63) is 12.2 Å². The molecule has 2 bridgehead atoms. The molecule has 3 N–H and O–H groups in total. The highest BCUT2D eigenvalue weighted by molar-refractivity contribution is 6.04. The molecule has 0 saturated heterocycles. The molecule has 0 heterocycles. The van der Waals surface area contributed by atoms with Gasteiger partial charge in [0.05, 0.1) is 29.6 Å². The third-order valence-electron chi connectivity index (χ3n) is 8.57. The topological polar surface area (TPSA) is 94.8 Å². The lowest BCUT2D eigenvalue weighted by atomic mass is 9.39. The molecular weight excluding hydrogens is 320 g/mol. The molecule has 0 aliphatic heterocycles. The van der Waals surface area contributed by atoms with Crippen LogP contribution in [0.5, 0.6) is 0 Å². The van der Waals surface area contributed by atoms with Gasteiger partial charge in [-0.25, -0.2) is 0 Å². The van der Waals surface area contributed by atoms with Crippen LogP contribution in [0.1, 0.15) is 46.0 Å². The van der Waals surface area contributed by atoms with Crippen LogP contribution in [0.3, 0.4) is 0 Å². The number of aliphatic hydroxyl groups excluding tert-OH is 3. The van der Waals surface area contributed by atoms with E-state index >= 15 is 0 Å². The molecule has 1 spiro atoms. The van der Waals surface area contributed by atoms with Gasteiger partial charge in [0.15, 0.2) is 5.78 Å². The summed E-state index contributed by atoms with van der Waals surface area (Å²) in [6.45, 7) is 7.56. The van der Waals surface area contributed by atoms with Gasteiger partial charge in [-0.1, -0.05) is 20.4 Å². The van der Waals surface area contributed by atoms with Crippen molar-refractivity contribution >= 4 is 11.6 Å². The van der Waals surface area contributed by atoms with Crippen LogP contribution in [0.4, 0.5) is 0 Å². The zero-order chi connectivity index (χ0) is 18.4. The molecule has 5 nitrogen and oxygen atoms in total. The van der Waals surface area contributed by atoms with E-state index in [1.54, 1.807) is 6.92 Å². The Morgan fingerprint density at radius 3 is 2.48 bits per heavy atom. The van der Waals surface area contributed by atoms with Crippen LogP contribution < -0.4 is 0 Å². The van der Waals surface area contributed by atoms with Crippen molar-refractivity contribution in [3.8, 4) is 0 Å². The summed E-state index contributed by atoms with van der Waals surface area (Å²) in [6, 6.07) is 0. The average Bonchev–Trinajstić information content (AvgIpc) is 2.70. The number of rotatable bonds is 1. The normalized spacial score (nSPS) is 55.1. The fourth-order valence-electron chi connectivity index (χ4n) is 7.17. The van der Waals surface area contributed by atoms with E-state index in [0.717, 1.165) is 6.42 Å².